The second-order valence-corrected chi connectivity index (χ2v) is 8.92. The molecule has 0 radical (unpaired) electrons. The first kappa shape index (κ1) is 17.7. The van der Waals surface area contributed by atoms with E-state index in [0.29, 0.717) is 24.9 Å². The summed E-state index contributed by atoms with van der Waals surface area (Å²) in [5.74, 6) is 0.394. The molecule has 7 nitrogen and oxygen atoms in total. The van der Waals surface area contributed by atoms with Crippen molar-refractivity contribution in [1.82, 2.24) is 4.90 Å². The molecular formula is C17H23N3O4S. The average Bonchev–Trinajstić information content (AvgIpc) is 3.01. The van der Waals surface area contributed by atoms with Crippen LogP contribution >= 0.6 is 0 Å². The molecule has 2 fully saturated rings. The second-order valence-electron chi connectivity index (χ2n) is 6.62. The van der Waals surface area contributed by atoms with Crippen LogP contribution in [-0.4, -0.2) is 56.4 Å². The number of anilines is 2. The minimum absolute atomic E-state index is 0.0648. The average molecular weight is 365 g/mol. The zero-order chi connectivity index (χ0) is 18.0. The Labute approximate surface area is 147 Å². The van der Waals surface area contributed by atoms with Crippen LogP contribution in [0.3, 0.4) is 0 Å². The van der Waals surface area contributed by atoms with Gasteiger partial charge in [0, 0.05) is 37.4 Å². The van der Waals surface area contributed by atoms with Crippen LogP contribution in [0.1, 0.15) is 25.7 Å². The van der Waals surface area contributed by atoms with E-state index >= 15 is 0 Å². The van der Waals surface area contributed by atoms with Crippen molar-refractivity contribution in [1.29, 1.82) is 0 Å². The molecular weight excluding hydrogens is 342 g/mol. The lowest BCUT2D eigenvalue weighted by atomic mass is 10.1. The van der Waals surface area contributed by atoms with Crippen LogP contribution in [0.4, 0.5) is 16.2 Å². The predicted octanol–water partition coefficient (Wildman–Crippen LogP) is 1.85. The highest BCUT2D eigenvalue weighted by atomic mass is 32.2. The minimum Gasteiger partial charge on any atom is -0.325 e. The molecule has 3 rings (SSSR count). The Morgan fingerprint density at radius 3 is 2.40 bits per heavy atom. The van der Waals surface area contributed by atoms with Gasteiger partial charge >= 0.3 is 6.03 Å². The molecule has 0 aromatic heterocycles. The summed E-state index contributed by atoms with van der Waals surface area (Å²) in [6, 6.07) is 6.88. The van der Waals surface area contributed by atoms with Crippen molar-refractivity contribution in [2.45, 2.75) is 31.7 Å². The summed E-state index contributed by atoms with van der Waals surface area (Å²) < 4.78 is 23.0. The van der Waals surface area contributed by atoms with Crippen LogP contribution in [0.2, 0.25) is 0 Å². The molecule has 1 aromatic rings. The second kappa shape index (κ2) is 7.03. The molecule has 2 saturated heterocycles. The number of hydrogen-bond donors (Lipinski definition) is 1. The van der Waals surface area contributed by atoms with Gasteiger partial charge in [0.25, 0.3) is 0 Å². The molecule has 2 aliphatic rings. The number of sulfone groups is 1. The molecule has 3 amide bonds. The van der Waals surface area contributed by atoms with Crippen LogP contribution in [0.5, 0.6) is 0 Å². The van der Waals surface area contributed by atoms with Gasteiger partial charge in [0.15, 0.2) is 0 Å². The number of carbonyl (C=O) groups is 2. The topological polar surface area (TPSA) is 86.8 Å². The number of rotatable bonds is 3. The molecule has 0 bridgehead atoms. The van der Waals surface area contributed by atoms with Crippen molar-refractivity contribution in [3.8, 4) is 0 Å². The lowest BCUT2D eigenvalue weighted by molar-refractivity contribution is -0.117. The van der Waals surface area contributed by atoms with Crippen LogP contribution in [0, 0.1) is 0 Å². The summed E-state index contributed by atoms with van der Waals surface area (Å²) >= 11 is 0. The monoisotopic (exact) mass is 365 g/mol. The van der Waals surface area contributed by atoms with Gasteiger partial charge in [-0.05, 0) is 43.5 Å². The maximum absolute atomic E-state index is 12.4. The van der Waals surface area contributed by atoms with E-state index in [1.165, 1.54) is 0 Å². The summed E-state index contributed by atoms with van der Waals surface area (Å²) in [5.41, 5.74) is 1.49. The number of hydrogen-bond acceptors (Lipinski definition) is 4. The fourth-order valence-corrected chi connectivity index (χ4v) is 4.75. The highest BCUT2D eigenvalue weighted by Crippen LogP contribution is 2.23. The number of amides is 3. The molecule has 0 unspecified atom stereocenters. The Morgan fingerprint density at radius 2 is 1.84 bits per heavy atom. The van der Waals surface area contributed by atoms with Gasteiger partial charge in [-0.2, -0.15) is 0 Å². The number of urea groups is 1. The maximum Gasteiger partial charge on any atom is 0.321 e. The fourth-order valence-electron chi connectivity index (χ4n) is 3.29. The predicted molar refractivity (Wildman–Crippen MR) is 96.5 cm³/mol. The van der Waals surface area contributed by atoms with E-state index in [-0.39, 0.29) is 29.5 Å². The highest BCUT2D eigenvalue weighted by Gasteiger charge is 2.28. The third-order valence-corrected chi connectivity index (χ3v) is 6.61. The van der Waals surface area contributed by atoms with E-state index in [9.17, 15) is 18.0 Å². The van der Waals surface area contributed by atoms with Gasteiger partial charge < -0.3 is 15.1 Å². The number of benzene rings is 1. The Hall–Kier alpha value is -2.09. The summed E-state index contributed by atoms with van der Waals surface area (Å²) in [6.45, 7) is 0.734. The first-order valence-corrected chi connectivity index (χ1v) is 10.3. The van der Waals surface area contributed by atoms with Gasteiger partial charge in [0.05, 0.1) is 11.5 Å². The number of nitrogens with zero attached hydrogens (tertiary/aromatic N) is 2. The van der Waals surface area contributed by atoms with Crippen LogP contribution in [-0.2, 0) is 14.6 Å². The fraction of sp³-hybridized carbons (Fsp3) is 0.529. The van der Waals surface area contributed by atoms with Crippen molar-refractivity contribution >= 4 is 33.2 Å². The van der Waals surface area contributed by atoms with E-state index < -0.39 is 9.84 Å². The SMILES string of the molecule is CN(C(=O)Nc1ccc(N2CCCC2=O)cc1)C1CCS(=O)(=O)CC1. The number of nitrogens with one attached hydrogen (secondary N) is 1. The van der Waals surface area contributed by atoms with Crippen molar-refractivity contribution in [3.05, 3.63) is 24.3 Å². The molecule has 25 heavy (non-hydrogen) atoms. The summed E-state index contributed by atoms with van der Waals surface area (Å²) in [6.07, 6.45) is 2.41. The largest absolute Gasteiger partial charge is 0.325 e. The highest BCUT2D eigenvalue weighted by molar-refractivity contribution is 7.91. The van der Waals surface area contributed by atoms with Gasteiger partial charge in [-0.15, -0.1) is 0 Å². The lowest BCUT2D eigenvalue weighted by Crippen LogP contribution is -2.44. The van der Waals surface area contributed by atoms with E-state index in [1.54, 1.807) is 29.0 Å². The molecule has 0 saturated carbocycles. The molecule has 1 aromatic carbocycles. The summed E-state index contributed by atoms with van der Waals surface area (Å²) in [4.78, 5) is 27.4. The zero-order valence-electron chi connectivity index (χ0n) is 14.3. The molecule has 2 heterocycles. The van der Waals surface area contributed by atoms with E-state index in [0.717, 1.165) is 18.7 Å². The third kappa shape index (κ3) is 4.12. The van der Waals surface area contributed by atoms with Gasteiger partial charge in [0.1, 0.15) is 9.84 Å². The molecule has 1 N–H and O–H groups in total. The molecule has 8 heteroatoms. The van der Waals surface area contributed by atoms with Crippen LogP contribution in [0.25, 0.3) is 0 Å². The molecule has 0 atom stereocenters. The summed E-state index contributed by atoms with van der Waals surface area (Å²) in [5, 5.41) is 2.82. The molecule has 0 spiro atoms. The van der Waals surface area contributed by atoms with Gasteiger partial charge in [-0.3, -0.25) is 4.79 Å². The first-order chi connectivity index (χ1) is 11.9. The van der Waals surface area contributed by atoms with Crippen molar-refractivity contribution in [2.24, 2.45) is 0 Å². The normalized spacial score (nSPS) is 20.5. The van der Waals surface area contributed by atoms with E-state index in [2.05, 4.69) is 5.32 Å². The standard InChI is InChI=1S/C17H23N3O4S/c1-19(14-8-11-25(23,24)12-9-14)17(22)18-13-4-6-15(7-5-13)20-10-2-3-16(20)21/h4-7,14H,2-3,8-12H2,1H3,(H,18,22). The Kier molecular flexibility index (Phi) is 4.99. The van der Waals surface area contributed by atoms with Gasteiger partial charge in [0.2, 0.25) is 5.91 Å². The van der Waals surface area contributed by atoms with Crippen LogP contribution < -0.4 is 10.2 Å². The Balaban J connectivity index is 1.58. The lowest BCUT2D eigenvalue weighted by Gasteiger charge is -2.31. The Bertz CT molecular complexity index is 747. The first-order valence-electron chi connectivity index (χ1n) is 8.50. The smallest absolute Gasteiger partial charge is 0.321 e. The quantitative estimate of drug-likeness (QED) is 0.886. The summed E-state index contributed by atoms with van der Waals surface area (Å²) in [7, 11) is -1.25. The molecule has 0 aliphatic carbocycles. The van der Waals surface area contributed by atoms with Crippen molar-refractivity contribution in [3.63, 3.8) is 0 Å². The third-order valence-electron chi connectivity index (χ3n) is 4.90. The zero-order valence-corrected chi connectivity index (χ0v) is 15.1. The van der Waals surface area contributed by atoms with E-state index in [1.807, 2.05) is 12.1 Å². The van der Waals surface area contributed by atoms with Crippen LogP contribution in [0.15, 0.2) is 24.3 Å². The van der Waals surface area contributed by atoms with Crippen molar-refractivity contribution in [2.75, 3.05) is 35.3 Å². The van der Waals surface area contributed by atoms with Gasteiger partial charge in [-0.25, -0.2) is 13.2 Å². The maximum atomic E-state index is 12.4. The Morgan fingerprint density at radius 1 is 1.20 bits per heavy atom. The molecule has 136 valence electrons. The van der Waals surface area contributed by atoms with Gasteiger partial charge in [-0.1, -0.05) is 0 Å². The number of carbonyl (C=O) groups excluding carboxylic acids is 2. The minimum atomic E-state index is -2.94. The van der Waals surface area contributed by atoms with E-state index in [4.69, 9.17) is 0 Å². The van der Waals surface area contributed by atoms with Crippen molar-refractivity contribution < 1.29 is 18.0 Å². The molecule has 2 aliphatic heterocycles.